The van der Waals surface area contributed by atoms with Crippen LogP contribution in [0.15, 0.2) is 155 Å². The molecule has 0 atom stereocenters. The molecule has 0 radical (unpaired) electrons. The third-order valence-corrected chi connectivity index (χ3v) is 10.3. The van der Waals surface area contributed by atoms with Crippen LogP contribution in [0.5, 0.6) is 34.5 Å². The molecule has 8 nitrogen and oxygen atoms in total. The van der Waals surface area contributed by atoms with Gasteiger partial charge in [0.2, 0.25) is 9.84 Å². The van der Waals surface area contributed by atoms with E-state index in [1.807, 2.05) is 84.9 Å². The van der Waals surface area contributed by atoms with Crippen LogP contribution in [-0.2, 0) is 22.9 Å². The number of rotatable bonds is 8. The van der Waals surface area contributed by atoms with Gasteiger partial charge in [-0.05, 0) is 109 Å². The summed E-state index contributed by atoms with van der Waals surface area (Å²) in [4.78, 5) is 4.64. The van der Waals surface area contributed by atoms with Crippen molar-refractivity contribution in [3.8, 4) is 34.5 Å². The average molecular weight is 669 g/mol. The summed E-state index contributed by atoms with van der Waals surface area (Å²) >= 11 is 0. The quantitative estimate of drug-likeness (QED) is 0.159. The Hall–Kier alpha value is -5.93. The fourth-order valence-corrected chi connectivity index (χ4v) is 7.17. The van der Waals surface area contributed by atoms with E-state index in [4.69, 9.17) is 18.9 Å². The molecular weight excluding hydrogens is 637 g/mol. The molecule has 0 bridgehead atoms. The first-order chi connectivity index (χ1) is 24.0. The summed E-state index contributed by atoms with van der Waals surface area (Å²) in [6.07, 6.45) is 0. The summed E-state index contributed by atoms with van der Waals surface area (Å²) in [7, 11) is -3.74. The highest BCUT2D eigenvalue weighted by Crippen LogP contribution is 2.33. The van der Waals surface area contributed by atoms with Crippen molar-refractivity contribution >= 4 is 21.2 Å². The maximum Gasteiger partial charge on any atom is 0.206 e. The zero-order valence-corrected chi connectivity index (χ0v) is 27.3. The fraction of sp³-hybridized carbons (Fsp3) is 0.100. The van der Waals surface area contributed by atoms with Crippen LogP contribution in [0, 0.1) is 0 Å². The molecule has 8 rings (SSSR count). The molecule has 244 valence electrons. The lowest BCUT2D eigenvalue weighted by Gasteiger charge is -2.30. The topological polar surface area (TPSA) is 77.5 Å². The SMILES string of the molecule is O=S(=O)(c1ccc(Oc2ccc(N3COc4ccccc4C3)cc2)cc1)c1ccc(Oc2ccc(N3COc4ccccc4C3)cc2)cc1. The number of fused-ring (bicyclic) bond motifs is 2. The molecule has 0 spiro atoms. The molecule has 2 aliphatic heterocycles. The van der Waals surface area contributed by atoms with Gasteiger partial charge in [0.25, 0.3) is 0 Å². The van der Waals surface area contributed by atoms with Crippen molar-refractivity contribution in [2.24, 2.45) is 0 Å². The fourth-order valence-electron chi connectivity index (χ4n) is 5.91. The Bertz CT molecular complexity index is 2030. The molecule has 9 heteroatoms. The molecule has 2 aliphatic rings. The van der Waals surface area contributed by atoms with Gasteiger partial charge in [0, 0.05) is 35.6 Å². The number of ether oxygens (including phenoxy) is 4. The Balaban J connectivity index is 0.873. The largest absolute Gasteiger partial charge is 0.473 e. The van der Waals surface area contributed by atoms with Gasteiger partial charge in [-0.2, -0.15) is 0 Å². The van der Waals surface area contributed by atoms with Crippen molar-refractivity contribution in [1.29, 1.82) is 0 Å². The van der Waals surface area contributed by atoms with Crippen LogP contribution in [0.3, 0.4) is 0 Å². The average Bonchev–Trinajstić information content (AvgIpc) is 3.15. The Morgan fingerprint density at radius 3 is 1.18 bits per heavy atom. The summed E-state index contributed by atoms with van der Waals surface area (Å²) in [5.74, 6) is 4.21. The highest BCUT2D eigenvalue weighted by Gasteiger charge is 2.20. The molecule has 49 heavy (non-hydrogen) atoms. The Morgan fingerprint density at radius 2 is 0.796 bits per heavy atom. The van der Waals surface area contributed by atoms with Crippen LogP contribution in [0.1, 0.15) is 11.1 Å². The van der Waals surface area contributed by atoms with Gasteiger partial charge in [0.1, 0.15) is 34.5 Å². The van der Waals surface area contributed by atoms with Crippen molar-refractivity contribution in [3.05, 3.63) is 157 Å². The minimum atomic E-state index is -3.74. The predicted molar refractivity (Wildman–Crippen MR) is 188 cm³/mol. The monoisotopic (exact) mass is 668 g/mol. The van der Waals surface area contributed by atoms with Crippen LogP contribution in [-0.4, -0.2) is 21.9 Å². The normalized spacial score (nSPS) is 13.8. The molecule has 0 saturated heterocycles. The summed E-state index contributed by atoms with van der Waals surface area (Å²) in [6, 6.07) is 44.4. The zero-order chi connectivity index (χ0) is 33.2. The number of hydrogen-bond donors (Lipinski definition) is 0. The zero-order valence-electron chi connectivity index (χ0n) is 26.4. The first-order valence-electron chi connectivity index (χ1n) is 15.9. The third kappa shape index (κ3) is 6.48. The van der Waals surface area contributed by atoms with E-state index in [1.165, 1.54) is 0 Å². The first-order valence-corrected chi connectivity index (χ1v) is 17.4. The molecule has 0 unspecified atom stereocenters. The van der Waals surface area contributed by atoms with Crippen LogP contribution < -0.4 is 28.7 Å². The Morgan fingerprint density at radius 1 is 0.449 bits per heavy atom. The lowest BCUT2D eigenvalue weighted by atomic mass is 10.1. The summed E-state index contributed by atoms with van der Waals surface area (Å²) in [5.41, 5.74) is 4.33. The van der Waals surface area contributed by atoms with Gasteiger partial charge >= 0.3 is 0 Å². The summed E-state index contributed by atoms with van der Waals surface area (Å²) in [5, 5.41) is 0. The molecular formula is C40H32N2O6S. The van der Waals surface area contributed by atoms with Gasteiger partial charge in [-0.25, -0.2) is 8.42 Å². The maximum absolute atomic E-state index is 13.4. The minimum absolute atomic E-state index is 0.175. The standard InChI is InChI=1S/C40H32N2O6S/c43-49(44,37-21-17-35(18-22-37)47-33-13-9-31(10-14-33)41-25-29-5-1-3-7-39(29)45-27-41)38-23-19-36(20-24-38)48-34-15-11-32(12-16-34)42-26-30-6-2-4-8-40(30)46-28-42/h1-24H,25-28H2. The predicted octanol–water partition coefficient (Wildman–Crippen LogP) is 8.82. The van der Waals surface area contributed by atoms with Gasteiger partial charge in [-0.1, -0.05) is 36.4 Å². The summed E-state index contributed by atoms with van der Waals surface area (Å²) < 4.78 is 50.6. The van der Waals surface area contributed by atoms with E-state index in [-0.39, 0.29) is 9.79 Å². The van der Waals surface area contributed by atoms with Gasteiger partial charge in [0.05, 0.1) is 9.79 Å². The molecule has 0 N–H and O–H groups in total. The van der Waals surface area contributed by atoms with Crippen molar-refractivity contribution < 1.29 is 27.4 Å². The lowest BCUT2D eigenvalue weighted by molar-refractivity contribution is 0.289. The van der Waals surface area contributed by atoms with Crippen LogP contribution in [0.4, 0.5) is 11.4 Å². The van der Waals surface area contributed by atoms with Crippen molar-refractivity contribution in [2.45, 2.75) is 22.9 Å². The van der Waals surface area contributed by atoms with E-state index in [0.717, 1.165) is 47.1 Å². The van der Waals surface area contributed by atoms with Gasteiger partial charge < -0.3 is 28.7 Å². The van der Waals surface area contributed by atoms with Crippen molar-refractivity contribution in [1.82, 2.24) is 0 Å². The number of para-hydroxylation sites is 2. The lowest BCUT2D eigenvalue weighted by Crippen LogP contribution is -2.31. The maximum atomic E-state index is 13.4. The van der Waals surface area contributed by atoms with Crippen molar-refractivity contribution in [2.75, 3.05) is 23.3 Å². The highest BCUT2D eigenvalue weighted by atomic mass is 32.2. The molecule has 0 fully saturated rings. The minimum Gasteiger partial charge on any atom is -0.473 e. The van der Waals surface area contributed by atoms with Crippen LogP contribution in [0.2, 0.25) is 0 Å². The highest BCUT2D eigenvalue weighted by molar-refractivity contribution is 7.91. The smallest absolute Gasteiger partial charge is 0.206 e. The molecule has 2 heterocycles. The van der Waals surface area contributed by atoms with E-state index in [2.05, 4.69) is 21.9 Å². The second-order valence-corrected chi connectivity index (χ2v) is 13.7. The van der Waals surface area contributed by atoms with E-state index >= 15 is 0 Å². The first kappa shape index (κ1) is 30.4. The second-order valence-electron chi connectivity index (χ2n) is 11.8. The van der Waals surface area contributed by atoms with Gasteiger partial charge in [-0.3, -0.25) is 0 Å². The second kappa shape index (κ2) is 12.9. The Kier molecular flexibility index (Phi) is 8.03. The molecule has 6 aromatic carbocycles. The molecule has 0 amide bonds. The Labute approximate surface area is 285 Å². The number of hydrogen-bond acceptors (Lipinski definition) is 8. The number of benzene rings is 6. The van der Waals surface area contributed by atoms with Gasteiger partial charge in [-0.15, -0.1) is 0 Å². The summed E-state index contributed by atoms with van der Waals surface area (Å²) in [6.45, 7) is 2.48. The van der Waals surface area contributed by atoms with E-state index in [1.54, 1.807) is 48.5 Å². The third-order valence-electron chi connectivity index (χ3n) is 8.56. The van der Waals surface area contributed by atoms with Gasteiger partial charge in [0.15, 0.2) is 13.5 Å². The number of sulfone groups is 1. The number of anilines is 2. The van der Waals surface area contributed by atoms with Crippen LogP contribution >= 0.6 is 0 Å². The molecule has 0 saturated carbocycles. The molecule has 6 aromatic rings. The van der Waals surface area contributed by atoms with E-state index < -0.39 is 9.84 Å². The van der Waals surface area contributed by atoms with Crippen LogP contribution in [0.25, 0.3) is 0 Å². The van der Waals surface area contributed by atoms with E-state index in [9.17, 15) is 8.42 Å². The van der Waals surface area contributed by atoms with E-state index in [0.29, 0.717) is 36.5 Å². The van der Waals surface area contributed by atoms with Crippen molar-refractivity contribution in [3.63, 3.8) is 0 Å². The number of nitrogens with zero attached hydrogens (tertiary/aromatic N) is 2. The molecule has 0 aromatic heterocycles. The molecule has 0 aliphatic carbocycles.